The van der Waals surface area contributed by atoms with Crippen LogP contribution in [0.15, 0.2) is 42.5 Å². The molecule has 98 valence electrons. The van der Waals surface area contributed by atoms with E-state index in [4.69, 9.17) is 17.3 Å². The Morgan fingerprint density at radius 3 is 2.84 bits per heavy atom. The Balaban J connectivity index is 1.91. The van der Waals surface area contributed by atoms with Crippen molar-refractivity contribution in [1.29, 1.82) is 0 Å². The summed E-state index contributed by atoms with van der Waals surface area (Å²) in [6.07, 6.45) is 0. The Morgan fingerprint density at radius 1 is 1.26 bits per heavy atom. The largest absolute Gasteiger partial charge is 0.365 e. The number of benzene rings is 2. The van der Waals surface area contributed by atoms with Crippen molar-refractivity contribution in [3.8, 4) is 0 Å². The number of nitrogens with two attached hydrogens (primary N) is 1. The van der Waals surface area contributed by atoms with Gasteiger partial charge in [-0.3, -0.25) is 0 Å². The number of hydrogen-bond acceptors (Lipinski definition) is 2. The molecular weight excluding hydrogens is 256 g/mol. The number of anilines is 1. The second-order valence-electron chi connectivity index (χ2n) is 5.14. The van der Waals surface area contributed by atoms with Gasteiger partial charge in [0.2, 0.25) is 0 Å². The van der Waals surface area contributed by atoms with Crippen LogP contribution in [0.3, 0.4) is 0 Å². The first-order valence-electron chi connectivity index (χ1n) is 6.49. The van der Waals surface area contributed by atoms with E-state index >= 15 is 0 Å². The highest BCUT2D eigenvalue weighted by molar-refractivity contribution is 6.31. The fourth-order valence-corrected chi connectivity index (χ4v) is 2.87. The van der Waals surface area contributed by atoms with Crippen LogP contribution in [-0.4, -0.2) is 6.54 Å². The number of halogens is 1. The molecule has 0 spiro atoms. The van der Waals surface area contributed by atoms with Gasteiger partial charge in [0, 0.05) is 29.8 Å². The van der Waals surface area contributed by atoms with Crippen LogP contribution in [0.5, 0.6) is 0 Å². The number of rotatable bonds is 2. The van der Waals surface area contributed by atoms with Crippen LogP contribution in [-0.2, 0) is 6.54 Å². The van der Waals surface area contributed by atoms with Crippen LogP contribution < -0.4 is 10.6 Å². The van der Waals surface area contributed by atoms with Crippen molar-refractivity contribution in [1.82, 2.24) is 0 Å². The zero-order valence-corrected chi connectivity index (χ0v) is 11.7. The van der Waals surface area contributed by atoms with Gasteiger partial charge in [0.1, 0.15) is 0 Å². The van der Waals surface area contributed by atoms with Crippen LogP contribution in [0.25, 0.3) is 0 Å². The lowest BCUT2D eigenvalue weighted by molar-refractivity contribution is 0.720. The second kappa shape index (κ2) is 4.87. The average Bonchev–Trinajstić information content (AvgIpc) is 2.69. The molecular formula is C16H17ClN2. The average molecular weight is 273 g/mol. The standard InChI is InChI=1S/C16H17ClN2/c1-11-6-7-16-13(8-11)15(18)10-19(16)9-12-4-2-3-5-14(12)17/h2-8,15H,9-10,18H2,1H3/t15-/m0/s1. The topological polar surface area (TPSA) is 29.3 Å². The van der Waals surface area contributed by atoms with E-state index in [1.807, 2.05) is 18.2 Å². The quantitative estimate of drug-likeness (QED) is 0.904. The molecule has 1 aliphatic rings. The molecule has 0 saturated heterocycles. The van der Waals surface area contributed by atoms with E-state index in [0.29, 0.717) is 0 Å². The third-order valence-corrected chi connectivity index (χ3v) is 4.03. The van der Waals surface area contributed by atoms with Gasteiger partial charge in [-0.2, -0.15) is 0 Å². The van der Waals surface area contributed by atoms with E-state index in [2.05, 4.69) is 36.1 Å². The molecule has 0 aromatic heterocycles. The van der Waals surface area contributed by atoms with Crippen LogP contribution in [0.4, 0.5) is 5.69 Å². The zero-order valence-electron chi connectivity index (χ0n) is 10.9. The molecule has 0 radical (unpaired) electrons. The minimum Gasteiger partial charge on any atom is -0.365 e. The summed E-state index contributed by atoms with van der Waals surface area (Å²) in [5.41, 5.74) is 11.1. The predicted molar refractivity (Wildman–Crippen MR) is 80.6 cm³/mol. The summed E-state index contributed by atoms with van der Waals surface area (Å²) in [7, 11) is 0. The predicted octanol–water partition coefficient (Wildman–Crippen LogP) is 3.67. The zero-order chi connectivity index (χ0) is 13.4. The third-order valence-electron chi connectivity index (χ3n) is 3.66. The summed E-state index contributed by atoms with van der Waals surface area (Å²) in [5, 5.41) is 0.816. The van der Waals surface area contributed by atoms with Gasteiger partial charge in [0.25, 0.3) is 0 Å². The highest BCUT2D eigenvalue weighted by atomic mass is 35.5. The number of aryl methyl sites for hydroxylation is 1. The lowest BCUT2D eigenvalue weighted by Gasteiger charge is -2.20. The highest BCUT2D eigenvalue weighted by Crippen LogP contribution is 2.35. The van der Waals surface area contributed by atoms with Gasteiger partial charge in [-0.25, -0.2) is 0 Å². The molecule has 0 fully saturated rings. The van der Waals surface area contributed by atoms with Crippen molar-refractivity contribution in [3.05, 3.63) is 64.2 Å². The van der Waals surface area contributed by atoms with Crippen molar-refractivity contribution in [3.63, 3.8) is 0 Å². The first kappa shape index (κ1) is 12.5. The molecule has 3 heteroatoms. The van der Waals surface area contributed by atoms with Crippen molar-refractivity contribution >= 4 is 17.3 Å². The van der Waals surface area contributed by atoms with Crippen LogP contribution in [0, 0.1) is 6.92 Å². The normalized spacial score (nSPS) is 17.6. The fourth-order valence-electron chi connectivity index (χ4n) is 2.68. The first-order valence-corrected chi connectivity index (χ1v) is 6.87. The molecule has 1 atom stereocenters. The molecule has 1 heterocycles. The maximum atomic E-state index is 6.23. The molecule has 0 aliphatic carbocycles. The van der Waals surface area contributed by atoms with Crippen LogP contribution in [0.1, 0.15) is 22.7 Å². The van der Waals surface area contributed by atoms with E-state index in [9.17, 15) is 0 Å². The first-order chi connectivity index (χ1) is 9.15. The molecule has 2 nitrogen and oxygen atoms in total. The van der Waals surface area contributed by atoms with E-state index in [1.165, 1.54) is 16.8 Å². The van der Waals surface area contributed by atoms with E-state index in [-0.39, 0.29) is 6.04 Å². The molecule has 0 unspecified atom stereocenters. The van der Waals surface area contributed by atoms with Gasteiger partial charge in [0.15, 0.2) is 0 Å². The Morgan fingerprint density at radius 2 is 2.05 bits per heavy atom. The Kier molecular flexibility index (Phi) is 3.21. The van der Waals surface area contributed by atoms with Gasteiger partial charge >= 0.3 is 0 Å². The third kappa shape index (κ3) is 2.34. The molecule has 0 amide bonds. The van der Waals surface area contributed by atoms with Gasteiger partial charge in [-0.15, -0.1) is 0 Å². The summed E-state index contributed by atoms with van der Waals surface area (Å²) >= 11 is 6.23. The summed E-state index contributed by atoms with van der Waals surface area (Å²) in [6.45, 7) is 3.76. The van der Waals surface area contributed by atoms with E-state index in [1.54, 1.807) is 0 Å². The van der Waals surface area contributed by atoms with Crippen molar-refractivity contribution in [2.45, 2.75) is 19.5 Å². The number of nitrogens with zero attached hydrogens (tertiary/aromatic N) is 1. The van der Waals surface area contributed by atoms with Crippen LogP contribution in [0.2, 0.25) is 5.02 Å². The molecule has 2 aromatic carbocycles. The minimum atomic E-state index is 0.0948. The number of hydrogen-bond donors (Lipinski definition) is 1. The Hall–Kier alpha value is -1.51. The molecule has 1 aliphatic heterocycles. The lowest BCUT2D eigenvalue weighted by Crippen LogP contribution is -2.24. The summed E-state index contributed by atoms with van der Waals surface area (Å²) < 4.78 is 0. The molecule has 0 saturated carbocycles. The monoisotopic (exact) mass is 272 g/mol. The van der Waals surface area contributed by atoms with Crippen molar-refractivity contribution < 1.29 is 0 Å². The SMILES string of the molecule is Cc1ccc2c(c1)[C@@H](N)CN2Cc1ccccc1Cl. The Labute approximate surface area is 118 Å². The molecule has 2 N–H and O–H groups in total. The van der Waals surface area contributed by atoms with E-state index < -0.39 is 0 Å². The van der Waals surface area contributed by atoms with Gasteiger partial charge in [-0.1, -0.05) is 47.5 Å². The lowest BCUT2D eigenvalue weighted by atomic mass is 10.1. The maximum absolute atomic E-state index is 6.23. The van der Waals surface area contributed by atoms with Crippen molar-refractivity contribution in [2.75, 3.05) is 11.4 Å². The Bertz CT molecular complexity index is 609. The number of fused-ring (bicyclic) bond motifs is 1. The van der Waals surface area contributed by atoms with Gasteiger partial charge in [0.05, 0.1) is 0 Å². The minimum absolute atomic E-state index is 0.0948. The smallest absolute Gasteiger partial charge is 0.0494 e. The molecule has 19 heavy (non-hydrogen) atoms. The molecule has 3 rings (SSSR count). The second-order valence-corrected chi connectivity index (χ2v) is 5.55. The van der Waals surface area contributed by atoms with Gasteiger partial charge < -0.3 is 10.6 Å². The summed E-state index contributed by atoms with van der Waals surface area (Å²) in [6, 6.07) is 14.6. The maximum Gasteiger partial charge on any atom is 0.0494 e. The molecule has 0 bridgehead atoms. The van der Waals surface area contributed by atoms with E-state index in [0.717, 1.165) is 23.7 Å². The highest BCUT2D eigenvalue weighted by Gasteiger charge is 2.26. The van der Waals surface area contributed by atoms with Gasteiger partial charge in [-0.05, 0) is 30.2 Å². The molecule has 2 aromatic rings. The summed E-state index contributed by atoms with van der Waals surface area (Å²) in [5.74, 6) is 0. The summed E-state index contributed by atoms with van der Waals surface area (Å²) in [4.78, 5) is 2.31. The fraction of sp³-hybridized carbons (Fsp3) is 0.250. The van der Waals surface area contributed by atoms with Crippen LogP contribution >= 0.6 is 11.6 Å². The van der Waals surface area contributed by atoms with Crippen molar-refractivity contribution in [2.24, 2.45) is 5.73 Å².